The SMILES string of the molecule is CCn1c(=O)c(-c2cccc(OC)c2)c(C)n(Cc2c(F)cccc2F)c1=O. The van der Waals surface area contributed by atoms with Gasteiger partial charge in [0.25, 0.3) is 5.56 Å². The van der Waals surface area contributed by atoms with E-state index >= 15 is 0 Å². The molecule has 0 radical (unpaired) electrons. The molecule has 5 nitrogen and oxygen atoms in total. The summed E-state index contributed by atoms with van der Waals surface area (Å²) in [4.78, 5) is 25.8. The molecule has 1 aromatic heterocycles. The highest BCUT2D eigenvalue weighted by atomic mass is 19.1. The van der Waals surface area contributed by atoms with Gasteiger partial charge in [-0.15, -0.1) is 0 Å². The molecule has 0 amide bonds. The van der Waals surface area contributed by atoms with Gasteiger partial charge in [-0.25, -0.2) is 13.6 Å². The summed E-state index contributed by atoms with van der Waals surface area (Å²) in [5, 5.41) is 0. The minimum Gasteiger partial charge on any atom is -0.497 e. The van der Waals surface area contributed by atoms with Crippen molar-refractivity contribution < 1.29 is 13.5 Å². The summed E-state index contributed by atoms with van der Waals surface area (Å²) in [6.45, 7) is 3.08. The summed E-state index contributed by atoms with van der Waals surface area (Å²) in [6.07, 6.45) is 0. The van der Waals surface area contributed by atoms with Crippen LogP contribution in [-0.2, 0) is 13.1 Å². The Hall–Kier alpha value is -3.22. The van der Waals surface area contributed by atoms with Gasteiger partial charge >= 0.3 is 5.69 Å². The number of halogens is 2. The van der Waals surface area contributed by atoms with Gasteiger partial charge in [-0.05, 0) is 43.7 Å². The van der Waals surface area contributed by atoms with E-state index in [1.54, 1.807) is 38.1 Å². The van der Waals surface area contributed by atoms with Crippen molar-refractivity contribution in [3.63, 3.8) is 0 Å². The fourth-order valence-corrected chi connectivity index (χ4v) is 3.22. The van der Waals surface area contributed by atoms with Crippen molar-refractivity contribution in [2.24, 2.45) is 0 Å². The van der Waals surface area contributed by atoms with Gasteiger partial charge in [-0.3, -0.25) is 13.9 Å². The predicted octanol–water partition coefficient (Wildman–Crippen LogP) is 3.34. The fourth-order valence-electron chi connectivity index (χ4n) is 3.22. The number of aromatic nitrogens is 2. The lowest BCUT2D eigenvalue weighted by Crippen LogP contribution is -2.42. The van der Waals surface area contributed by atoms with Gasteiger partial charge in [-0.1, -0.05) is 18.2 Å². The van der Waals surface area contributed by atoms with Crippen LogP contribution in [0.3, 0.4) is 0 Å². The van der Waals surface area contributed by atoms with E-state index in [1.807, 2.05) is 0 Å². The number of nitrogens with zero attached hydrogens (tertiary/aromatic N) is 2. The summed E-state index contributed by atoms with van der Waals surface area (Å²) in [5.74, 6) is -0.941. The number of ether oxygens (including phenoxy) is 1. The molecular formula is C21H20F2N2O3. The lowest BCUT2D eigenvalue weighted by atomic mass is 10.0. The molecule has 0 unspecified atom stereocenters. The van der Waals surface area contributed by atoms with Crippen molar-refractivity contribution in [2.45, 2.75) is 26.9 Å². The molecule has 3 rings (SSSR count). The van der Waals surface area contributed by atoms with Crippen LogP contribution in [0.15, 0.2) is 52.1 Å². The van der Waals surface area contributed by atoms with Gasteiger partial charge in [0, 0.05) is 17.8 Å². The summed E-state index contributed by atoms with van der Waals surface area (Å²) in [7, 11) is 1.51. The third kappa shape index (κ3) is 3.35. The largest absolute Gasteiger partial charge is 0.497 e. The van der Waals surface area contributed by atoms with E-state index in [-0.39, 0.29) is 24.2 Å². The summed E-state index contributed by atoms with van der Waals surface area (Å²) in [5.41, 5.74) is -0.118. The number of hydrogen-bond acceptors (Lipinski definition) is 3. The van der Waals surface area contributed by atoms with Crippen molar-refractivity contribution >= 4 is 0 Å². The molecule has 1 heterocycles. The standard InChI is InChI=1S/C21H20F2N2O3/c1-4-24-20(26)19(14-7-5-8-15(11-14)28-3)13(2)25(21(24)27)12-16-17(22)9-6-10-18(16)23/h5-11H,4,12H2,1-3H3. The molecule has 0 aliphatic rings. The summed E-state index contributed by atoms with van der Waals surface area (Å²) in [6, 6.07) is 10.4. The number of rotatable bonds is 5. The zero-order valence-electron chi connectivity index (χ0n) is 15.8. The summed E-state index contributed by atoms with van der Waals surface area (Å²) < 4.78 is 35.8. The van der Waals surface area contributed by atoms with E-state index in [4.69, 9.17) is 4.74 Å². The Bertz CT molecular complexity index is 1130. The highest BCUT2D eigenvalue weighted by Gasteiger charge is 2.19. The maximum absolute atomic E-state index is 14.1. The molecule has 0 aliphatic carbocycles. The Labute approximate surface area is 160 Å². The van der Waals surface area contributed by atoms with Crippen LogP contribution in [0, 0.1) is 18.6 Å². The van der Waals surface area contributed by atoms with Crippen LogP contribution in [-0.4, -0.2) is 16.2 Å². The van der Waals surface area contributed by atoms with E-state index in [9.17, 15) is 18.4 Å². The zero-order valence-corrected chi connectivity index (χ0v) is 15.8. The summed E-state index contributed by atoms with van der Waals surface area (Å²) >= 11 is 0. The third-order valence-corrected chi connectivity index (χ3v) is 4.74. The first-order valence-electron chi connectivity index (χ1n) is 8.80. The fraction of sp³-hybridized carbons (Fsp3) is 0.238. The average molecular weight is 386 g/mol. The molecule has 3 aromatic rings. The first kappa shape index (κ1) is 19.5. The van der Waals surface area contributed by atoms with Gasteiger partial charge < -0.3 is 4.74 Å². The molecule has 0 bridgehead atoms. The van der Waals surface area contributed by atoms with E-state index in [1.165, 1.54) is 17.7 Å². The van der Waals surface area contributed by atoms with Crippen LogP contribution < -0.4 is 16.0 Å². The second-order valence-electron chi connectivity index (χ2n) is 6.31. The topological polar surface area (TPSA) is 53.2 Å². The molecular weight excluding hydrogens is 366 g/mol. The van der Waals surface area contributed by atoms with Gasteiger partial charge in [0.15, 0.2) is 0 Å². The molecule has 0 atom stereocenters. The second kappa shape index (κ2) is 7.80. The zero-order chi connectivity index (χ0) is 20.4. The van der Waals surface area contributed by atoms with Crippen molar-refractivity contribution in [2.75, 3.05) is 7.11 Å². The molecule has 0 aliphatic heterocycles. The third-order valence-electron chi connectivity index (χ3n) is 4.74. The molecule has 0 N–H and O–H groups in total. The van der Waals surface area contributed by atoms with Crippen LogP contribution in [0.5, 0.6) is 5.75 Å². The van der Waals surface area contributed by atoms with Crippen LogP contribution in [0.2, 0.25) is 0 Å². The van der Waals surface area contributed by atoms with E-state index < -0.39 is 22.9 Å². The van der Waals surface area contributed by atoms with Crippen molar-refractivity contribution in [3.05, 3.63) is 86.2 Å². The molecule has 2 aromatic carbocycles. The average Bonchev–Trinajstić information content (AvgIpc) is 2.67. The maximum Gasteiger partial charge on any atom is 0.331 e. The first-order chi connectivity index (χ1) is 13.4. The Morgan fingerprint density at radius 1 is 1.00 bits per heavy atom. The maximum atomic E-state index is 14.1. The van der Waals surface area contributed by atoms with Crippen LogP contribution >= 0.6 is 0 Å². The van der Waals surface area contributed by atoms with Crippen molar-refractivity contribution in [3.8, 4) is 16.9 Å². The lowest BCUT2D eigenvalue weighted by Gasteiger charge is -2.17. The van der Waals surface area contributed by atoms with Gasteiger partial charge in [0.1, 0.15) is 17.4 Å². The normalized spacial score (nSPS) is 10.9. The molecule has 7 heteroatoms. The molecule has 0 spiro atoms. The van der Waals surface area contributed by atoms with Gasteiger partial charge in [0.2, 0.25) is 0 Å². The Balaban J connectivity index is 2.29. The van der Waals surface area contributed by atoms with Gasteiger partial charge in [0.05, 0.1) is 19.2 Å². The number of methoxy groups -OCH3 is 1. The monoisotopic (exact) mass is 386 g/mol. The molecule has 146 valence electrons. The van der Waals surface area contributed by atoms with Crippen molar-refractivity contribution in [1.82, 2.24) is 9.13 Å². The quantitative estimate of drug-likeness (QED) is 0.676. The Morgan fingerprint density at radius 2 is 1.64 bits per heavy atom. The van der Waals surface area contributed by atoms with Crippen molar-refractivity contribution in [1.29, 1.82) is 0 Å². The molecule has 0 fully saturated rings. The lowest BCUT2D eigenvalue weighted by molar-refractivity contribution is 0.415. The number of hydrogen-bond donors (Lipinski definition) is 0. The molecule has 0 saturated heterocycles. The van der Waals surface area contributed by atoms with E-state index in [0.29, 0.717) is 17.0 Å². The highest BCUT2D eigenvalue weighted by Crippen LogP contribution is 2.24. The highest BCUT2D eigenvalue weighted by molar-refractivity contribution is 5.66. The smallest absolute Gasteiger partial charge is 0.331 e. The van der Waals surface area contributed by atoms with Crippen LogP contribution in [0.4, 0.5) is 8.78 Å². The van der Waals surface area contributed by atoms with Crippen LogP contribution in [0.25, 0.3) is 11.1 Å². The molecule has 0 saturated carbocycles. The van der Waals surface area contributed by atoms with Crippen LogP contribution in [0.1, 0.15) is 18.2 Å². The molecule has 28 heavy (non-hydrogen) atoms. The minimum atomic E-state index is -0.747. The Morgan fingerprint density at radius 3 is 2.25 bits per heavy atom. The van der Waals surface area contributed by atoms with E-state index in [0.717, 1.165) is 16.7 Å². The Kier molecular flexibility index (Phi) is 5.44. The minimum absolute atomic E-state index is 0.134. The first-order valence-corrected chi connectivity index (χ1v) is 8.80. The number of benzene rings is 2. The second-order valence-corrected chi connectivity index (χ2v) is 6.31. The van der Waals surface area contributed by atoms with E-state index in [2.05, 4.69) is 0 Å². The van der Waals surface area contributed by atoms with Gasteiger partial charge in [-0.2, -0.15) is 0 Å². The predicted molar refractivity (Wildman–Crippen MR) is 103 cm³/mol.